The molecule has 0 unspecified atom stereocenters. The van der Waals surface area contributed by atoms with Crippen LogP contribution in [0.4, 0.5) is 5.69 Å². The van der Waals surface area contributed by atoms with E-state index < -0.39 is 15.8 Å². The molecule has 0 aromatic heterocycles. The molecule has 2 aliphatic rings. The van der Waals surface area contributed by atoms with Crippen molar-refractivity contribution in [2.24, 2.45) is 5.92 Å². The fourth-order valence-electron chi connectivity index (χ4n) is 5.17. The van der Waals surface area contributed by atoms with E-state index in [1.165, 1.54) is 6.26 Å². The summed E-state index contributed by atoms with van der Waals surface area (Å²) in [6.45, 7) is 4.08. The minimum atomic E-state index is -3.00. The second kappa shape index (κ2) is 10.8. The first-order valence-electron chi connectivity index (χ1n) is 12.9. The Balaban J connectivity index is 1.28. The summed E-state index contributed by atoms with van der Waals surface area (Å²) < 4.78 is 34.6. The summed E-state index contributed by atoms with van der Waals surface area (Å²) in [5.74, 6) is 0.0151. The largest absolute Gasteiger partial charge is 0.494 e. The van der Waals surface area contributed by atoms with E-state index in [2.05, 4.69) is 30.4 Å². The number of carbonyl (C=O) groups is 1. The Hall–Kier alpha value is -3.36. The van der Waals surface area contributed by atoms with Gasteiger partial charge in [-0.1, -0.05) is 24.3 Å². The molecule has 0 bridgehead atoms. The lowest BCUT2D eigenvalue weighted by Crippen LogP contribution is -2.08. The third-order valence-corrected chi connectivity index (χ3v) is 8.25. The van der Waals surface area contributed by atoms with E-state index in [0.717, 1.165) is 56.8 Å². The SMILES string of the molecule is Cc1cc(OCCCS(C)(=O)=O)cc2c1-c1cc(CNc3ccc([C@H]4C[C@@H]4C(=O)O)cc3)ccc1COC2. The van der Waals surface area contributed by atoms with E-state index >= 15 is 0 Å². The zero-order valence-corrected chi connectivity index (χ0v) is 22.5. The number of anilines is 1. The predicted octanol–water partition coefficient (Wildman–Crippen LogP) is 5.31. The van der Waals surface area contributed by atoms with Crippen molar-refractivity contribution in [2.75, 3.05) is 23.9 Å². The van der Waals surface area contributed by atoms with Crippen LogP contribution in [0.5, 0.6) is 5.75 Å². The predicted molar refractivity (Wildman–Crippen MR) is 147 cm³/mol. The van der Waals surface area contributed by atoms with Crippen molar-refractivity contribution < 1.29 is 27.8 Å². The first-order chi connectivity index (χ1) is 18.2. The molecule has 0 amide bonds. The van der Waals surface area contributed by atoms with E-state index in [1.807, 2.05) is 36.4 Å². The van der Waals surface area contributed by atoms with Crippen LogP contribution in [0.15, 0.2) is 54.6 Å². The van der Waals surface area contributed by atoms with Crippen molar-refractivity contribution >= 4 is 21.5 Å². The highest BCUT2D eigenvalue weighted by molar-refractivity contribution is 7.90. The second-order valence-electron chi connectivity index (χ2n) is 10.4. The van der Waals surface area contributed by atoms with Gasteiger partial charge in [-0.25, -0.2) is 8.42 Å². The molecule has 0 spiro atoms. The van der Waals surface area contributed by atoms with Gasteiger partial charge in [-0.3, -0.25) is 4.79 Å². The number of benzene rings is 3. The molecule has 2 atom stereocenters. The van der Waals surface area contributed by atoms with Gasteiger partial charge < -0.3 is 19.9 Å². The van der Waals surface area contributed by atoms with Crippen LogP contribution in [-0.2, 0) is 39.1 Å². The molecule has 200 valence electrons. The molecule has 1 heterocycles. The van der Waals surface area contributed by atoms with Crippen molar-refractivity contribution in [1.29, 1.82) is 0 Å². The molecule has 8 heteroatoms. The van der Waals surface area contributed by atoms with Crippen LogP contribution < -0.4 is 10.1 Å². The Morgan fingerprint density at radius 2 is 1.84 bits per heavy atom. The molecule has 0 radical (unpaired) electrons. The lowest BCUT2D eigenvalue weighted by atomic mass is 9.91. The van der Waals surface area contributed by atoms with Gasteiger partial charge >= 0.3 is 5.97 Å². The first kappa shape index (κ1) is 26.3. The Morgan fingerprint density at radius 3 is 2.55 bits per heavy atom. The van der Waals surface area contributed by atoms with E-state index in [0.29, 0.717) is 32.8 Å². The number of hydrogen-bond donors (Lipinski definition) is 2. The number of carboxylic acids is 1. The Morgan fingerprint density at radius 1 is 1.08 bits per heavy atom. The summed E-state index contributed by atoms with van der Waals surface area (Å²) >= 11 is 0. The van der Waals surface area contributed by atoms with E-state index in [1.54, 1.807) is 0 Å². The van der Waals surface area contributed by atoms with Crippen molar-refractivity contribution in [3.63, 3.8) is 0 Å². The normalized spacial score (nSPS) is 18.2. The fraction of sp³-hybridized carbons (Fsp3) is 0.367. The van der Waals surface area contributed by atoms with E-state index in [4.69, 9.17) is 14.6 Å². The van der Waals surface area contributed by atoms with Gasteiger partial charge in [0.15, 0.2) is 0 Å². The molecule has 38 heavy (non-hydrogen) atoms. The van der Waals surface area contributed by atoms with Gasteiger partial charge in [-0.05, 0) is 95.0 Å². The number of aryl methyl sites for hydroxylation is 1. The van der Waals surface area contributed by atoms with Crippen LogP contribution >= 0.6 is 0 Å². The highest BCUT2D eigenvalue weighted by atomic mass is 32.2. The highest BCUT2D eigenvalue weighted by Crippen LogP contribution is 2.47. The van der Waals surface area contributed by atoms with Crippen LogP contribution in [0.3, 0.4) is 0 Å². The van der Waals surface area contributed by atoms with Gasteiger partial charge in [0.1, 0.15) is 15.6 Å². The van der Waals surface area contributed by atoms with Crippen LogP contribution in [0.25, 0.3) is 11.1 Å². The zero-order valence-electron chi connectivity index (χ0n) is 21.7. The number of aliphatic carboxylic acids is 1. The van der Waals surface area contributed by atoms with Crippen molar-refractivity contribution in [1.82, 2.24) is 0 Å². The number of sulfone groups is 1. The number of carboxylic acid groups (broad SMARTS) is 1. The quantitative estimate of drug-likeness (QED) is 0.340. The molecular formula is C30H33NO6S. The minimum absolute atomic E-state index is 0.111. The molecule has 5 rings (SSSR count). The summed E-state index contributed by atoms with van der Waals surface area (Å²) in [7, 11) is -3.00. The lowest BCUT2D eigenvalue weighted by molar-refractivity contribution is -0.138. The van der Waals surface area contributed by atoms with Gasteiger partial charge in [0.2, 0.25) is 0 Å². The van der Waals surface area contributed by atoms with Crippen LogP contribution in [0.2, 0.25) is 0 Å². The topological polar surface area (TPSA) is 102 Å². The number of ether oxygens (including phenoxy) is 2. The Labute approximate surface area is 223 Å². The maximum Gasteiger partial charge on any atom is 0.307 e. The Kier molecular flexibility index (Phi) is 7.45. The lowest BCUT2D eigenvalue weighted by Gasteiger charge is -2.16. The number of nitrogens with one attached hydrogen (secondary N) is 1. The van der Waals surface area contributed by atoms with Gasteiger partial charge in [-0.2, -0.15) is 0 Å². The number of fused-ring (bicyclic) bond motifs is 3. The molecule has 7 nitrogen and oxygen atoms in total. The molecule has 1 saturated carbocycles. The smallest absolute Gasteiger partial charge is 0.307 e. The average molecular weight is 536 g/mol. The molecule has 0 saturated heterocycles. The molecular weight excluding hydrogens is 502 g/mol. The monoisotopic (exact) mass is 535 g/mol. The van der Waals surface area contributed by atoms with Crippen molar-refractivity contribution in [3.05, 3.63) is 82.4 Å². The van der Waals surface area contributed by atoms with E-state index in [-0.39, 0.29) is 17.6 Å². The first-order valence-corrected chi connectivity index (χ1v) is 14.9. The summed E-state index contributed by atoms with van der Waals surface area (Å²) in [4.78, 5) is 11.1. The second-order valence-corrected chi connectivity index (χ2v) is 12.6. The van der Waals surface area contributed by atoms with Gasteiger partial charge in [0.05, 0.1) is 31.5 Å². The highest BCUT2D eigenvalue weighted by Gasteiger charge is 2.44. The van der Waals surface area contributed by atoms with Crippen molar-refractivity contribution in [3.8, 4) is 16.9 Å². The third-order valence-electron chi connectivity index (χ3n) is 7.22. The summed E-state index contributed by atoms with van der Waals surface area (Å²) in [5, 5.41) is 12.6. The maximum atomic E-state index is 11.4. The van der Waals surface area contributed by atoms with Crippen LogP contribution in [0, 0.1) is 12.8 Å². The summed E-state index contributed by atoms with van der Waals surface area (Å²) in [6.07, 6.45) is 2.41. The van der Waals surface area contributed by atoms with Gasteiger partial charge in [0.25, 0.3) is 0 Å². The molecule has 1 aliphatic carbocycles. The third kappa shape index (κ3) is 6.19. The molecule has 1 aliphatic heterocycles. The Bertz CT molecular complexity index is 1450. The molecule has 1 fully saturated rings. The molecule has 3 aromatic carbocycles. The number of hydrogen-bond acceptors (Lipinski definition) is 6. The standard InChI is InChI=1S/C30H33NO6S/c1-19-12-25(37-10-3-11-38(2,34)35)14-23-18-36-17-22-5-4-20(13-27(22)29(19)23)16-31-24-8-6-21(7-9-24)26-15-28(26)30(32)33/h4-9,12-14,26,28,31H,3,10-11,15-18H2,1-2H3,(H,32,33)/t26-,28+/m1/s1. The number of rotatable bonds is 10. The zero-order chi connectivity index (χ0) is 26.9. The maximum absolute atomic E-state index is 11.4. The van der Waals surface area contributed by atoms with Gasteiger partial charge in [-0.15, -0.1) is 0 Å². The van der Waals surface area contributed by atoms with E-state index in [9.17, 15) is 13.2 Å². The summed E-state index contributed by atoms with van der Waals surface area (Å²) in [6, 6.07) is 18.5. The minimum Gasteiger partial charge on any atom is -0.494 e. The average Bonchev–Trinajstić information content (AvgIpc) is 3.69. The summed E-state index contributed by atoms with van der Waals surface area (Å²) in [5.41, 5.74) is 8.82. The van der Waals surface area contributed by atoms with Crippen LogP contribution in [-0.4, -0.2) is 38.1 Å². The van der Waals surface area contributed by atoms with Crippen LogP contribution in [0.1, 0.15) is 46.6 Å². The fourth-order valence-corrected chi connectivity index (χ4v) is 5.81. The van der Waals surface area contributed by atoms with Crippen molar-refractivity contribution in [2.45, 2.75) is 45.4 Å². The molecule has 3 aromatic rings. The molecule has 2 N–H and O–H groups in total. The van der Waals surface area contributed by atoms with Gasteiger partial charge in [0, 0.05) is 18.5 Å².